The van der Waals surface area contributed by atoms with Gasteiger partial charge in [0, 0.05) is 28.8 Å². The van der Waals surface area contributed by atoms with Crippen molar-refractivity contribution in [1.82, 2.24) is 9.97 Å². The van der Waals surface area contributed by atoms with Gasteiger partial charge in [-0.15, -0.1) is 11.3 Å². The molecule has 3 rings (SSSR count). The van der Waals surface area contributed by atoms with Gasteiger partial charge in [-0.2, -0.15) is 8.78 Å². The van der Waals surface area contributed by atoms with Gasteiger partial charge in [-0.3, -0.25) is 9.78 Å². The zero-order valence-corrected chi connectivity index (χ0v) is 15.3. The molecule has 0 unspecified atom stereocenters. The third-order valence-corrected chi connectivity index (χ3v) is 4.62. The van der Waals surface area contributed by atoms with Crippen molar-refractivity contribution in [3.05, 3.63) is 59.2 Å². The number of nitrogens with one attached hydrogen (secondary N) is 1. The van der Waals surface area contributed by atoms with Crippen molar-refractivity contribution >= 4 is 22.4 Å². The lowest BCUT2D eigenvalue weighted by atomic mass is 10.1. The van der Waals surface area contributed by atoms with Gasteiger partial charge in [0.2, 0.25) is 5.91 Å². The molecule has 1 aromatic carbocycles. The smallest absolute Gasteiger partial charge is 0.387 e. The number of hydrogen-bond donors (Lipinski definition) is 1. The van der Waals surface area contributed by atoms with E-state index in [0.717, 1.165) is 16.1 Å². The third-order valence-electron chi connectivity index (χ3n) is 3.73. The Morgan fingerprint density at radius 3 is 2.67 bits per heavy atom. The summed E-state index contributed by atoms with van der Waals surface area (Å²) in [5.41, 5.74) is 2.32. The SMILES string of the molecule is Cc1sc(NC(=O)CCc2ccccn2)nc1-c1ccc(OC(F)F)cc1. The van der Waals surface area contributed by atoms with E-state index in [9.17, 15) is 13.6 Å². The fourth-order valence-corrected chi connectivity index (χ4v) is 3.33. The molecule has 2 aromatic heterocycles. The highest BCUT2D eigenvalue weighted by molar-refractivity contribution is 7.16. The van der Waals surface area contributed by atoms with Gasteiger partial charge in [0.1, 0.15) is 5.75 Å². The van der Waals surface area contributed by atoms with Crippen molar-refractivity contribution in [2.24, 2.45) is 0 Å². The van der Waals surface area contributed by atoms with Crippen LogP contribution < -0.4 is 10.1 Å². The molecule has 27 heavy (non-hydrogen) atoms. The van der Waals surface area contributed by atoms with Gasteiger partial charge in [-0.05, 0) is 49.7 Å². The molecule has 0 atom stereocenters. The van der Waals surface area contributed by atoms with Crippen LogP contribution in [0.1, 0.15) is 17.0 Å². The first kappa shape index (κ1) is 18.9. The number of rotatable bonds is 7. The lowest BCUT2D eigenvalue weighted by Gasteiger charge is -2.05. The van der Waals surface area contributed by atoms with Crippen LogP contribution in [-0.2, 0) is 11.2 Å². The summed E-state index contributed by atoms with van der Waals surface area (Å²) >= 11 is 1.36. The number of carbonyl (C=O) groups excluding carboxylic acids is 1. The van der Waals surface area contributed by atoms with Crippen LogP contribution in [0.4, 0.5) is 13.9 Å². The van der Waals surface area contributed by atoms with Crippen molar-refractivity contribution < 1.29 is 18.3 Å². The van der Waals surface area contributed by atoms with Gasteiger partial charge in [0.15, 0.2) is 5.13 Å². The Bertz CT molecular complexity index is 899. The first-order valence-corrected chi connectivity index (χ1v) is 9.05. The van der Waals surface area contributed by atoms with Crippen LogP contribution >= 0.6 is 11.3 Å². The van der Waals surface area contributed by atoms with E-state index in [1.807, 2.05) is 25.1 Å². The van der Waals surface area contributed by atoms with Crippen molar-refractivity contribution in [2.45, 2.75) is 26.4 Å². The van der Waals surface area contributed by atoms with Crippen molar-refractivity contribution in [2.75, 3.05) is 5.32 Å². The highest BCUT2D eigenvalue weighted by atomic mass is 32.1. The summed E-state index contributed by atoms with van der Waals surface area (Å²) in [5, 5.41) is 3.30. The van der Waals surface area contributed by atoms with Crippen molar-refractivity contribution in [3.63, 3.8) is 0 Å². The highest BCUT2D eigenvalue weighted by Crippen LogP contribution is 2.31. The topological polar surface area (TPSA) is 64.1 Å². The second-order valence-electron chi connectivity index (χ2n) is 5.70. The molecular weight excluding hydrogens is 372 g/mol. The van der Waals surface area contributed by atoms with Gasteiger partial charge in [-0.25, -0.2) is 4.98 Å². The maximum absolute atomic E-state index is 12.2. The van der Waals surface area contributed by atoms with Gasteiger partial charge in [0.25, 0.3) is 0 Å². The van der Waals surface area contributed by atoms with Crippen LogP contribution in [0.15, 0.2) is 48.7 Å². The fraction of sp³-hybridized carbons (Fsp3) is 0.211. The maximum Gasteiger partial charge on any atom is 0.387 e. The maximum atomic E-state index is 12.2. The largest absolute Gasteiger partial charge is 0.435 e. The van der Waals surface area contributed by atoms with E-state index >= 15 is 0 Å². The summed E-state index contributed by atoms with van der Waals surface area (Å²) in [6, 6.07) is 11.8. The quantitative estimate of drug-likeness (QED) is 0.637. The van der Waals surface area contributed by atoms with Crippen LogP contribution in [0.5, 0.6) is 5.75 Å². The number of aryl methyl sites for hydroxylation is 2. The average Bonchev–Trinajstić information content (AvgIpc) is 3.01. The zero-order chi connectivity index (χ0) is 19.2. The van der Waals surface area contributed by atoms with E-state index in [0.29, 0.717) is 23.7 Å². The van der Waals surface area contributed by atoms with E-state index in [1.165, 1.54) is 23.5 Å². The highest BCUT2D eigenvalue weighted by Gasteiger charge is 2.13. The first-order valence-electron chi connectivity index (χ1n) is 8.23. The molecule has 8 heteroatoms. The Kier molecular flexibility index (Phi) is 6.08. The molecule has 0 aliphatic rings. The molecule has 1 N–H and O–H groups in total. The minimum absolute atomic E-state index is 0.0877. The number of aromatic nitrogens is 2. The van der Waals surface area contributed by atoms with Gasteiger partial charge in [-0.1, -0.05) is 6.07 Å². The second-order valence-corrected chi connectivity index (χ2v) is 6.90. The van der Waals surface area contributed by atoms with Crippen molar-refractivity contribution in [3.8, 4) is 17.0 Å². The number of halogens is 2. The number of ether oxygens (including phenoxy) is 1. The summed E-state index contributed by atoms with van der Waals surface area (Å²) in [7, 11) is 0. The normalized spacial score (nSPS) is 10.8. The number of carbonyl (C=O) groups is 1. The number of thiazole rings is 1. The van der Waals surface area contributed by atoms with Crippen molar-refractivity contribution in [1.29, 1.82) is 0 Å². The van der Waals surface area contributed by atoms with E-state index in [1.54, 1.807) is 18.3 Å². The van der Waals surface area contributed by atoms with Crippen LogP contribution in [0.3, 0.4) is 0 Å². The van der Waals surface area contributed by atoms with Gasteiger partial charge in [0.05, 0.1) is 5.69 Å². The summed E-state index contributed by atoms with van der Waals surface area (Å²) in [6.45, 7) is -0.968. The Morgan fingerprint density at radius 1 is 1.22 bits per heavy atom. The van der Waals surface area contributed by atoms with Gasteiger partial charge >= 0.3 is 6.61 Å². The Morgan fingerprint density at radius 2 is 2.00 bits per heavy atom. The van der Waals surface area contributed by atoms with Crippen LogP contribution in [0.25, 0.3) is 11.3 Å². The van der Waals surface area contributed by atoms with E-state index in [-0.39, 0.29) is 11.7 Å². The predicted molar refractivity (Wildman–Crippen MR) is 100 cm³/mol. The molecule has 5 nitrogen and oxygen atoms in total. The minimum atomic E-state index is -2.86. The molecule has 3 aromatic rings. The number of anilines is 1. The lowest BCUT2D eigenvalue weighted by molar-refractivity contribution is -0.116. The minimum Gasteiger partial charge on any atom is -0.435 e. The fourth-order valence-electron chi connectivity index (χ4n) is 2.48. The lowest BCUT2D eigenvalue weighted by Crippen LogP contribution is -2.12. The standard InChI is InChI=1S/C19H17F2N3O2S/c1-12-17(13-5-8-15(9-6-13)26-18(20)21)24-19(27-12)23-16(25)10-7-14-4-2-3-11-22-14/h2-6,8-9,11,18H,7,10H2,1H3,(H,23,24,25). The molecule has 2 heterocycles. The van der Waals surface area contributed by atoms with E-state index < -0.39 is 6.61 Å². The molecule has 0 fully saturated rings. The Labute approximate surface area is 159 Å². The van der Waals surface area contributed by atoms with E-state index in [2.05, 4.69) is 20.0 Å². The predicted octanol–water partition coefficient (Wildman–Crippen LogP) is 4.69. The molecule has 0 radical (unpaired) electrons. The number of pyridine rings is 1. The molecule has 0 aliphatic carbocycles. The molecule has 0 saturated heterocycles. The molecule has 0 spiro atoms. The Balaban J connectivity index is 1.62. The monoisotopic (exact) mass is 389 g/mol. The summed E-state index contributed by atoms with van der Waals surface area (Å²) in [5.74, 6) is -0.0497. The molecule has 140 valence electrons. The van der Waals surface area contributed by atoms with Crippen LogP contribution in [0, 0.1) is 6.92 Å². The second kappa shape index (κ2) is 8.68. The van der Waals surface area contributed by atoms with Crippen LogP contribution in [0.2, 0.25) is 0 Å². The third kappa shape index (κ3) is 5.30. The number of hydrogen-bond acceptors (Lipinski definition) is 5. The molecular formula is C19H17F2N3O2S. The van der Waals surface area contributed by atoms with Gasteiger partial charge < -0.3 is 10.1 Å². The molecule has 0 bridgehead atoms. The molecule has 1 amide bonds. The molecule has 0 aliphatic heterocycles. The summed E-state index contributed by atoms with van der Waals surface area (Å²) in [6.07, 6.45) is 2.56. The number of alkyl halides is 2. The zero-order valence-electron chi connectivity index (χ0n) is 14.5. The van der Waals surface area contributed by atoms with E-state index in [4.69, 9.17) is 0 Å². The van der Waals surface area contributed by atoms with Crippen LogP contribution in [-0.4, -0.2) is 22.5 Å². The summed E-state index contributed by atoms with van der Waals surface area (Å²) < 4.78 is 28.8. The molecule has 0 saturated carbocycles. The summed E-state index contributed by atoms with van der Waals surface area (Å²) in [4.78, 5) is 21.7. The Hall–Kier alpha value is -2.87. The average molecular weight is 389 g/mol. The number of nitrogens with zero attached hydrogens (tertiary/aromatic N) is 2. The first-order chi connectivity index (χ1) is 13.0. The number of benzene rings is 1. The number of amides is 1.